The van der Waals surface area contributed by atoms with Crippen LogP contribution in [0.25, 0.3) is 0 Å². The van der Waals surface area contributed by atoms with Gasteiger partial charge in [-0.15, -0.1) is 0 Å². The topological polar surface area (TPSA) is 70.2 Å². The Hall–Kier alpha value is -1.89. The molecule has 6 nitrogen and oxygen atoms in total. The zero-order chi connectivity index (χ0) is 17.5. The van der Waals surface area contributed by atoms with E-state index in [4.69, 9.17) is 16.3 Å². The lowest BCUT2D eigenvalue weighted by molar-refractivity contribution is 0.0374. The summed E-state index contributed by atoms with van der Waals surface area (Å²) in [5, 5.41) is 3.87. The fraction of sp³-hybridized carbons (Fsp3) is 0.444. The maximum Gasteiger partial charge on any atom is 0.252 e. The van der Waals surface area contributed by atoms with Gasteiger partial charge in [-0.25, -0.2) is 4.98 Å². The number of hydrogen-bond donors (Lipinski definition) is 2. The summed E-state index contributed by atoms with van der Waals surface area (Å²) in [6.45, 7) is 5.17. The van der Waals surface area contributed by atoms with Crippen LogP contribution in [-0.4, -0.2) is 47.7 Å². The van der Waals surface area contributed by atoms with E-state index in [0.717, 1.165) is 56.9 Å². The molecule has 134 valence electrons. The molecule has 25 heavy (non-hydrogen) atoms. The minimum Gasteiger partial charge on any atom is -0.379 e. The first kappa shape index (κ1) is 17.9. The number of rotatable bonds is 7. The standard InChI is InChI=1S/C18H23ClN4O2/c19-15-5-3-14(4-6-15)13-20-18-21-16(12-17(24)22-18)2-1-7-23-8-10-25-11-9-23/h3-6,12H,1-2,7-11,13H2,(H2,20,21,22,24). The van der Waals surface area contributed by atoms with E-state index in [2.05, 4.69) is 20.2 Å². The number of halogens is 1. The number of nitrogens with zero attached hydrogens (tertiary/aromatic N) is 2. The Kier molecular flexibility index (Phi) is 6.44. The molecule has 0 radical (unpaired) electrons. The van der Waals surface area contributed by atoms with Crippen LogP contribution in [-0.2, 0) is 17.7 Å². The van der Waals surface area contributed by atoms with Crippen LogP contribution >= 0.6 is 11.6 Å². The van der Waals surface area contributed by atoms with Crippen molar-refractivity contribution < 1.29 is 4.74 Å². The van der Waals surface area contributed by atoms with Gasteiger partial charge in [0, 0.05) is 36.4 Å². The molecule has 0 aliphatic carbocycles. The van der Waals surface area contributed by atoms with Gasteiger partial charge in [-0.05, 0) is 37.1 Å². The van der Waals surface area contributed by atoms with E-state index in [1.807, 2.05) is 24.3 Å². The van der Waals surface area contributed by atoms with Crippen LogP contribution in [0.4, 0.5) is 5.95 Å². The largest absolute Gasteiger partial charge is 0.379 e. The van der Waals surface area contributed by atoms with E-state index in [0.29, 0.717) is 17.5 Å². The van der Waals surface area contributed by atoms with Crippen molar-refractivity contribution in [1.29, 1.82) is 0 Å². The average Bonchev–Trinajstić information content (AvgIpc) is 2.62. The third-order valence-corrected chi connectivity index (χ3v) is 4.43. The maximum absolute atomic E-state index is 11.9. The Balaban J connectivity index is 1.52. The number of ether oxygens (including phenoxy) is 1. The van der Waals surface area contributed by atoms with Crippen molar-refractivity contribution in [3.05, 3.63) is 57.0 Å². The van der Waals surface area contributed by atoms with Gasteiger partial charge < -0.3 is 10.1 Å². The molecular formula is C18H23ClN4O2. The van der Waals surface area contributed by atoms with E-state index in [1.54, 1.807) is 6.07 Å². The highest BCUT2D eigenvalue weighted by molar-refractivity contribution is 6.30. The van der Waals surface area contributed by atoms with Crippen LogP contribution in [0.15, 0.2) is 35.1 Å². The number of aromatic amines is 1. The van der Waals surface area contributed by atoms with E-state index < -0.39 is 0 Å². The molecule has 0 bridgehead atoms. The van der Waals surface area contributed by atoms with Gasteiger partial charge in [0.25, 0.3) is 5.56 Å². The Morgan fingerprint density at radius 1 is 1.24 bits per heavy atom. The highest BCUT2D eigenvalue weighted by Crippen LogP contribution is 2.11. The van der Waals surface area contributed by atoms with Gasteiger partial charge in [0.1, 0.15) is 0 Å². The van der Waals surface area contributed by atoms with Gasteiger partial charge in [-0.1, -0.05) is 23.7 Å². The molecule has 1 fully saturated rings. The van der Waals surface area contributed by atoms with Crippen molar-refractivity contribution in [1.82, 2.24) is 14.9 Å². The van der Waals surface area contributed by atoms with E-state index in [-0.39, 0.29) is 5.56 Å². The van der Waals surface area contributed by atoms with E-state index in [1.165, 1.54) is 0 Å². The number of aromatic nitrogens is 2. The van der Waals surface area contributed by atoms with E-state index >= 15 is 0 Å². The summed E-state index contributed by atoms with van der Waals surface area (Å²) in [5.74, 6) is 0.504. The van der Waals surface area contributed by atoms with Crippen molar-refractivity contribution in [3.63, 3.8) is 0 Å². The molecule has 1 aliphatic rings. The first-order valence-electron chi connectivity index (χ1n) is 8.58. The van der Waals surface area contributed by atoms with Crippen molar-refractivity contribution >= 4 is 17.5 Å². The Morgan fingerprint density at radius 2 is 2.00 bits per heavy atom. The highest BCUT2D eigenvalue weighted by Gasteiger charge is 2.10. The summed E-state index contributed by atoms with van der Waals surface area (Å²) in [4.78, 5) is 21.5. The maximum atomic E-state index is 11.9. The lowest BCUT2D eigenvalue weighted by Gasteiger charge is -2.26. The second-order valence-corrected chi connectivity index (χ2v) is 6.56. The monoisotopic (exact) mass is 362 g/mol. The molecule has 2 N–H and O–H groups in total. The fourth-order valence-electron chi connectivity index (χ4n) is 2.82. The fourth-order valence-corrected chi connectivity index (χ4v) is 2.94. The number of benzene rings is 1. The first-order chi connectivity index (χ1) is 12.2. The van der Waals surface area contributed by atoms with Crippen molar-refractivity contribution in [3.8, 4) is 0 Å². The Morgan fingerprint density at radius 3 is 2.76 bits per heavy atom. The van der Waals surface area contributed by atoms with Gasteiger partial charge in [0.2, 0.25) is 5.95 Å². The molecule has 0 atom stereocenters. The Bertz CT molecular complexity index is 727. The third-order valence-electron chi connectivity index (χ3n) is 4.18. The zero-order valence-electron chi connectivity index (χ0n) is 14.1. The summed E-state index contributed by atoms with van der Waals surface area (Å²) in [5.41, 5.74) is 1.76. The van der Waals surface area contributed by atoms with Crippen molar-refractivity contribution in [2.45, 2.75) is 19.4 Å². The molecular weight excluding hydrogens is 340 g/mol. The zero-order valence-corrected chi connectivity index (χ0v) is 14.9. The van der Waals surface area contributed by atoms with Gasteiger partial charge in [-0.3, -0.25) is 14.7 Å². The molecule has 0 spiro atoms. The molecule has 7 heteroatoms. The SMILES string of the molecule is O=c1cc(CCCN2CCOCC2)nc(NCc2ccc(Cl)cc2)[nH]1. The molecule has 1 aliphatic heterocycles. The van der Waals surface area contributed by atoms with Crippen LogP contribution in [0, 0.1) is 0 Å². The van der Waals surface area contributed by atoms with Crippen LogP contribution in [0.1, 0.15) is 17.7 Å². The van der Waals surface area contributed by atoms with Crippen LogP contribution in [0.2, 0.25) is 5.02 Å². The number of morpholine rings is 1. The predicted molar refractivity (Wildman–Crippen MR) is 99.2 cm³/mol. The van der Waals surface area contributed by atoms with Gasteiger partial charge in [0.15, 0.2) is 0 Å². The normalized spacial score (nSPS) is 15.2. The average molecular weight is 363 g/mol. The summed E-state index contributed by atoms with van der Waals surface area (Å²) in [6.07, 6.45) is 1.77. The molecule has 1 aromatic heterocycles. The number of nitrogens with one attached hydrogen (secondary N) is 2. The molecule has 1 saturated heterocycles. The predicted octanol–water partition coefficient (Wildman–Crippen LogP) is 2.30. The molecule has 1 aromatic carbocycles. The van der Waals surface area contributed by atoms with Gasteiger partial charge in [0.05, 0.1) is 13.2 Å². The molecule has 0 unspecified atom stereocenters. The summed E-state index contributed by atoms with van der Waals surface area (Å²) < 4.78 is 5.35. The molecule has 2 aromatic rings. The molecule has 2 heterocycles. The van der Waals surface area contributed by atoms with Gasteiger partial charge >= 0.3 is 0 Å². The van der Waals surface area contributed by atoms with Crippen LogP contribution in [0.5, 0.6) is 0 Å². The van der Waals surface area contributed by atoms with Crippen LogP contribution < -0.4 is 10.9 Å². The van der Waals surface area contributed by atoms with E-state index in [9.17, 15) is 4.79 Å². The molecule has 0 saturated carbocycles. The minimum atomic E-state index is -0.130. The minimum absolute atomic E-state index is 0.130. The lowest BCUT2D eigenvalue weighted by Crippen LogP contribution is -2.37. The van der Waals surface area contributed by atoms with Gasteiger partial charge in [-0.2, -0.15) is 0 Å². The second kappa shape index (κ2) is 8.99. The smallest absolute Gasteiger partial charge is 0.252 e. The number of H-pyrrole nitrogens is 1. The number of aryl methyl sites for hydroxylation is 1. The molecule has 3 rings (SSSR count). The van der Waals surface area contributed by atoms with Crippen molar-refractivity contribution in [2.75, 3.05) is 38.2 Å². The highest BCUT2D eigenvalue weighted by atomic mass is 35.5. The Labute approximate surface area is 152 Å². The second-order valence-electron chi connectivity index (χ2n) is 6.12. The summed E-state index contributed by atoms with van der Waals surface area (Å²) in [6, 6.07) is 9.15. The summed E-state index contributed by atoms with van der Waals surface area (Å²) in [7, 11) is 0. The number of hydrogen-bond acceptors (Lipinski definition) is 5. The first-order valence-corrected chi connectivity index (χ1v) is 8.95. The lowest BCUT2D eigenvalue weighted by atomic mass is 10.2. The third kappa shape index (κ3) is 5.85. The number of anilines is 1. The summed E-state index contributed by atoms with van der Waals surface area (Å²) >= 11 is 5.88. The molecule has 0 amide bonds. The quantitative estimate of drug-likeness (QED) is 0.791. The van der Waals surface area contributed by atoms with Crippen molar-refractivity contribution in [2.24, 2.45) is 0 Å². The van der Waals surface area contributed by atoms with Crippen LogP contribution in [0.3, 0.4) is 0 Å².